The van der Waals surface area contributed by atoms with Crippen LogP contribution in [-0.2, 0) is 6.42 Å². The van der Waals surface area contributed by atoms with Gasteiger partial charge in [-0.2, -0.15) is 0 Å². The van der Waals surface area contributed by atoms with Crippen LogP contribution in [0.2, 0.25) is 0 Å². The fourth-order valence-corrected chi connectivity index (χ4v) is 1.78. The highest BCUT2D eigenvalue weighted by Crippen LogP contribution is 2.20. The number of halogens is 1. The van der Waals surface area contributed by atoms with Crippen LogP contribution in [0.5, 0.6) is 0 Å². The molecular weight excluding hydrogens is 243 g/mol. The molecule has 1 aromatic carbocycles. The highest BCUT2D eigenvalue weighted by molar-refractivity contribution is 5.59. The third kappa shape index (κ3) is 3.40. The Bertz CT molecular complexity index is 584. The Labute approximate surface area is 111 Å². The first-order valence-corrected chi connectivity index (χ1v) is 6.25. The minimum atomic E-state index is -0.311. The molecule has 100 valence electrons. The van der Waals surface area contributed by atoms with E-state index in [0.717, 1.165) is 18.4 Å². The van der Waals surface area contributed by atoms with E-state index in [2.05, 4.69) is 15.3 Å². The molecule has 0 saturated heterocycles. The molecule has 0 aliphatic rings. The maximum absolute atomic E-state index is 13.7. The Balaban J connectivity index is 2.27. The van der Waals surface area contributed by atoms with Crippen molar-refractivity contribution in [3.8, 4) is 0 Å². The van der Waals surface area contributed by atoms with Crippen molar-refractivity contribution in [2.75, 3.05) is 11.1 Å². The Hall–Kier alpha value is -2.17. The molecule has 0 aliphatic carbocycles. The third-order valence-corrected chi connectivity index (χ3v) is 2.65. The first kappa shape index (κ1) is 13.3. The predicted molar refractivity (Wildman–Crippen MR) is 74.9 cm³/mol. The summed E-state index contributed by atoms with van der Waals surface area (Å²) in [5.74, 6) is 1.25. The van der Waals surface area contributed by atoms with E-state index in [1.807, 2.05) is 19.9 Å². The summed E-state index contributed by atoms with van der Waals surface area (Å²) in [4.78, 5) is 8.45. The second kappa shape index (κ2) is 5.65. The van der Waals surface area contributed by atoms with Crippen LogP contribution in [0.4, 0.5) is 21.7 Å². The number of aromatic nitrogens is 2. The maximum Gasteiger partial charge on any atom is 0.146 e. The zero-order valence-electron chi connectivity index (χ0n) is 11.1. The summed E-state index contributed by atoms with van der Waals surface area (Å²) >= 11 is 0. The lowest BCUT2D eigenvalue weighted by molar-refractivity contribution is 0.630. The molecule has 1 heterocycles. The van der Waals surface area contributed by atoms with Gasteiger partial charge < -0.3 is 11.1 Å². The Kier molecular flexibility index (Phi) is 3.94. The first-order valence-electron chi connectivity index (χ1n) is 6.25. The van der Waals surface area contributed by atoms with Crippen molar-refractivity contribution in [3.05, 3.63) is 41.5 Å². The summed E-state index contributed by atoms with van der Waals surface area (Å²) < 4.78 is 13.7. The van der Waals surface area contributed by atoms with Gasteiger partial charge in [-0.15, -0.1) is 0 Å². The van der Waals surface area contributed by atoms with E-state index in [-0.39, 0.29) is 5.82 Å². The van der Waals surface area contributed by atoms with Gasteiger partial charge in [-0.25, -0.2) is 14.4 Å². The molecular formula is C14H17FN4. The number of anilines is 3. The van der Waals surface area contributed by atoms with Crippen LogP contribution in [-0.4, -0.2) is 9.97 Å². The third-order valence-electron chi connectivity index (χ3n) is 2.65. The van der Waals surface area contributed by atoms with Gasteiger partial charge in [0.25, 0.3) is 0 Å². The van der Waals surface area contributed by atoms with Crippen molar-refractivity contribution < 1.29 is 4.39 Å². The van der Waals surface area contributed by atoms with Gasteiger partial charge in [-0.3, -0.25) is 0 Å². The predicted octanol–water partition coefficient (Wildman–Crippen LogP) is 3.20. The molecule has 0 unspecified atom stereocenters. The Morgan fingerprint density at radius 2 is 2.05 bits per heavy atom. The number of hydrogen-bond acceptors (Lipinski definition) is 4. The fourth-order valence-electron chi connectivity index (χ4n) is 1.78. The molecule has 0 bridgehead atoms. The number of rotatable bonds is 4. The number of nitrogens with two attached hydrogens (primary N) is 1. The number of aryl methyl sites for hydroxylation is 2. The summed E-state index contributed by atoms with van der Waals surface area (Å²) in [5, 5.41) is 2.93. The van der Waals surface area contributed by atoms with E-state index in [0.29, 0.717) is 23.1 Å². The largest absolute Gasteiger partial charge is 0.384 e. The average molecular weight is 260 g/mol. The molecule has 0 aliphatic heterocycles. The standard InChI is InChI=1S/C14H17FN4/c1-3-4-13-18-12(16)8-14(19-13)17-11-6-5-9(2)7-10(11)15/h5-8H,3-4H2,1-2H3,(H3,16,17,18,19). The van der Waals surface area contributed by atoms with Crippen molar-refractivity contribution in [2.45, 2.75) is 26.7 Å². The fraction of sp³-hybridized carbons (Fsp3) is 0.286. The Morgan fingerprint density at radius 3 is 2.74 bits per heavy atom. The number of nitrogens with one attached hydrogen (secondary N) is 1. The highest BCUT2D eigenvalue weighted by atomic mass is 19.1. The van der Waals surface area contributed by atoms with Gasteiger partial charge in [-0.05, 0) is 31.0 Å². The van der Waals surface area contributed by atoms with Crippen LogP contribution in [0.3, 0.4) is 0 Å². The van der Waals surface area contributed by atoms with Crippen LogP contribution in [0.15, 0.2) is 24.3 Å². The summed E-state index contributed by atoms with van der Waals surface area (Å²) in [7, 11) is 0. The number of nitrogens with zero attached hydrogens (tertiary/aromatic N) is 2. The zero-order chi connectivity index (χ0) is 13.8. The number of nitrogen functional groups attached to an aromatic ring is 1. The lowest BCUT2D eigenvalue weighted by Gasteiger charge is -2.09. The average Bonchev–Trinajstić information content (AvgIpc) is 2.32. The summed E-state index contributed by atoms with van der Waals surface area (Å²) in [6, 6.07) is 6.59. The molecule has 0 saturated carbocycles. The van der Waals surface area contributed by atoms with Crippen molar-refractivity contribution in [1.82, 2.24) is 9.97 Å². The van der Waals surface area contributed by atoms with Crippen LogP contribution in [0.25, 0.3) is 0 Å². The van der Waals surface area contributed by atoms with Crippen molar-refractivity contribution in [2.24, 2.45) is 0 Å². The second-order valence-corrected chi connectivity index (χ2v) is 4.45. The van der Waals surface area contributed by atoms with Crippen LogP contribution in [0, 0.1) is 12.7 Å². The molecule has 4 nitrogen and oxygen atoms in total. The van der Waals surface area contributed by atoms with Gasteiger partial charge in [0.05, 0.1) is 5.69 Å². The van der Waals surface area contributed by atoms with Gasteiger partial charge in [0.15, 0.2) is 0 Å². The molecule has 19 heavy (non-hydrogen) atoms. The van der Waals surface area contributed by atoms with Crippen molar-refractivity contribution >= 4 is 17.3 Å². The zero-order valence-corrected chi connectivity index (χ0v) is 11.1. The van der Waals surface area contributed by atoms with Gasteiger partial charge in [0.2, 0.25) is 0 Å². The van der Waals surface area contributed by atoms with E-state index in [4.69, 9.17) is 5.73 Å². The van der Waals surface area contributed by atoms with Crippen LogP contribution >= 0.6 is 0 Å². The smallest absolute Gasteiger partial charge is 0.146 e. The monoisotopic (exact) mass is 260 g/mol. The van der Waals surface area contributed by atoms with Crippen molar-refractivity contribution in [1.29, 1.82) is 0 Å². The lowest BCUT2D eigenvalue weighted by Crippen LogP contribution is -2.04. The van der Waals surface area contributed by atoms with Gasteiger partial charge in [0, 0.05) is 12.5 Å². The lowest BCUT2D eigenvalue weighted by atomic mass is 10.2. The van der Waals surface area contributed by atoms with E-state index in [1.54, 1.807) is 12.1 Å². The molecule has 0 radical (unpaired) electrons. The van der Waals surface area contributed by atoms with Crippen LogP contribution in [0.1, 0.15) is 24.7 Å². The molecule has 0 amide bonds. The maximum atomic E-state index is 13.7. The van der Waals surface area contributed by atoms with Crippen LogP contribution < -0.4 is 11.1 Å². The summed E-state index contributed by atoms with van der Waals surface area (Å²) in [5.41, 5.74) is 6.97. The summed E-state index contributed by atoms with van der Waals surface area (Å²) in [6.45, 7) is 3.88. The number of hydrogen-bond donors (Lipinski definition) is 2. The molecule has 2 aromatic rings. The van der Waals surface area contributed by atoms with Crippen molar-refractivity contribution in [3.63, 3.8) is 0 Å². The van der Waals surface area contributed by atoms with Gasteiger partial charge in [0.1, 0.15) is 23.3 Å². The quantitative estimate of drug-likeness (QED) is 0.886. The number of benzene rings is 1. The van der Waals surface area contributed by atoms with E-state index in [1.165, 1.54) is 6.07 Å². The topological polar surface area (TPSA) is 63.8 Å². The van der Waals surface area contributed by atoms with E-state index >= 15 is 0 Å². The second-order valence-electron chi connectivity index (χ2n) is 4.45. The highest BCUT2D eigenvalue weighted by Gasteiger charge is 2.06. The minimum absolute atomic E-state index is 0.311. The normalized spacial score (nSPS) is 10.5. The SMILES string of the molecule is CCCc1nc(N)cc(Nc2ccc(C)cc2F)n1. The first-order chi connectivity index (χ1) is 9.08. The van der Waals surface area contributed by atoms with E-state index in [9.17, 15) is 4.39 Å². The van der Waals surface area contributed by atoms with E-state index < -0.39 is 0 Å². The van der Waals surface area contributed by atoms with Gasteiger partial charge >= 0.3 is 0 Å². The minimum Gasteiger partial charge on any atom is -0.384 e. The molecule has 0 fully saturated rings. The molecule has 5 heteroatoms. The molecule has 0 spiro atoms. The molecule has 0 atom stereocenters. The molecule has 1 aromatic heterocycles. The Morgan fingerprint density at radius 1 is 1.26 bits per heavy atom. The molecule has 3 N–H and O–H groups in total. The molecule has 2 rings (SSSR count). The summed E-state index contributed by atoms with van der Waals surface area (Å²) in [6.07, 6.45) is 1.68. The van der Waals surface area contributed by atoms with Gasteiger partial charge in [-0.1, -0.05) is 13.0 Å².